The molecule has 2 aromatic rings. The summed E-state index contributed by atoms with van der Waals surface area (Å²) < 4.78 is 4.84. The van der Waals surface area contributed by atoms with Crippen LogP contribution in [-0.4, -0.2) is 32.5 Å². The molecule has 0 amide bonds. The van der Waals surface area contributed by atoms with Crippen molar-refractivity contribution in [1.29, 1.82) is 0 Å². The Labute approximate surface area is 102 Å². The highest BCUT2D eigenvalue weighted by molar-refractivity contribution is 6.35. The first-order valence-corrected chi connectivity index (χ1v) is 5.29. The Kier molecular flexibility index (Phi) is 3.34. The molecule has 0 spiro atoms. The zero-order valence-electron chi connectivity index (χ0n) is 8.98. The summed E-state index contributed by atoms with van der Waals surface area (Å²) in [6.45, 7) is 1.97. The normalized spacial score (nSPS) is 10.2. The van der Waals surface area contributed by atoms with E-state index in [-0.39, 0.29) is 17.3 Å². The van der Waals surface area contributed by atoms with Crippen LogP contribution in [0.2, 0.25) is 5.02 Å². The number of esters is 1. The second-order valence-electron chi connectivity index (χ2n) is 3.04. The van der Waals surface area contributed by atoms with Gasteiger partial charge in [0.1, 0.15) is 17.0 Å². The number of halogens is 1. The fourth-order valence-corrected chi connectivity index (χ4v) is 1.54. The van der Waals surface area contributed by atoms with E-state index < -0.39 is 5.97 Å². The highest BCUT2D eigenvalue weighted by Gasteiger charge is 2.19. The van der Waals surface area contributed by atoms with Crippen molar-refractivity contribution >= 4 is 17.6 Å². The Morgan fingerprint density at radius 3 is 2.94 bits per heavy atom. The van der Waals surface area contributed by atoms with E-state index in [0.29, 0.717) is 11.5 Å². The van der Waals surface area contributed by atoms with Crippen molar-refractivity contribution < 1.29 is 9.53 Å². The molecule has 0 aliphatic rings. The van der Waals surface area contributed by atoms with E-state index >= 15 is 0 Å². The SMILES string of the molecule is CCOC(=O)c1ncnc(-c2ncc[nH]2)c1Cl. The van der Waals surface area contributed by atoms with E-state index in [9.17, 15) is 4.79 Å². The number of imidazole rings is 1. The van der Waals surface area contributed by atoms with E-state index in [1.165, 1.54) is 6.33 Å². The largest absolute Gasteiger partial charge is 0.461 e. The van der Waals surface area contributed by atoms with E-state index in [4.69, 9.17) is 16.3 Å². The Bertz CT molecular complexity index is 527. The molecule has 7 heteroatoms. The van der Waals surface area contributed by atoms with Crippen LogP contribution in [0.5, 0.6) is 0 Å². The molecule has 0 aliphatic carbocycles. The van der Waals surface area contributed by atoms with Crippen LogP contribution in [0.25, 0.3) is 11.5 Å². The van der Waals surface area contributed by atoms with Gasteiger partial charge in [0.25, 0.3) is 0 Å². The van der Waals surface area contributed by atoms with Gasteiger partial charge >= 0.3 is 5.97 Å². The summed E-state index contributed by atoms with van der Waals surface area (Å²) in [6.07, 6.45) is 4.45. The third-order valence-corrected chi connectivity index (χ3v) is 2.34. The lowest BCUT2D eigenvalue weighted by Gasteiger charge is -2.05. The molecule has 0 aromatic carbocycles. The number of H-pyrrole nitrogens is 1. The fourth-order valence-electron chi connectivity index (χ4n) is 1.27. The molecule has 0 atom stereocenters. The number of nitrogens with zero attached hydrogens (tertiary/aromatic N) is 3. The zero-order chi connectivity index (χ0) is 12.3. The summed E-state index contributed by atoms with van der Waals surface area (Å²) in [5.41, 5.74) is 0.407. The molecule has 0 saturated heterocycles. The molecular formula is C10H9ClN4O2. The van der Waals surface area contributed by atoms with Gasteiger partial charge in [0, 0.05) is 12.4 Å². The molecule has 2 aromatic heterocycles. The first kappa shape index (κ1) is 11.5. The van der Waals surface area contributed by atoms with Gasteiger partial charge in [-0.25, -0.2) is 19.7 Å². The molecule has 1 N–H and O–H groups in total. The molecule has 88 valence electrons. The number of hydrogen-bond acceptors (Lipinski definition) is 5. The van der Waals surface area contributed by atoms with Crippen LogP contribution in [0, 0.1) is 0 Å². The van der Waals surface area contributed by atoms with Crippen molar-refractivity contribution in [3.63, 3.8) is 0 Å². The molecule has 0 aliphatic heterocycles. The number of rotatable bonds is 3. The second-order valence-corrected chi connectivity index (χ2v) is 3.42. The predicted molar refractivity (Wildman–Crippen MR) is 60.6 cm³/mol. The first-order valence-electron chi connectivity index (χ1n) is 4.91. The lowest BCUT2D eigenvalue weighted by atomic mass is 10.3. The Morgan fingerprint density at radius 1 is 1.47 bits per heavy atom. The van der Waals surface area contributed by atoms with Gasteiger partial charge in [-0.05, 0) is 6.92 Å². The maximum atomic E-state index is 11.6. The van der Waals surface area contributed by atoms with Crippen LogP contribution >= 0.6 is 11.6 Å². The third-order valence-electron chi connectivity index (χ3n) is 1.98. The standard InChI is InChI=1S/C10H9ClN4O2/c1-2-17-10(16)8-6(11)7(14-5-15-8)9-12-3-4-13-9/h3-5H,2H2,1H3,(H,12,13). The minimum absolute atomic E-state index is 0.0370. The predicted octanol–water partition coefficient (Wildman–Crippen LogP) is 1.70. The summed E-state index contributed by atoms with van der Waals surface area (Å²) >= 11 is 6.04. The van der Waals surface area contributed by atoms with Crippen molar-refractivity contribution in [3.05, 3.63) is 29.4 Å². The van der Waals surface area contributed by atoms with E-state index in [1.54, 1.807) is 19.3 Å². The lowest BCUT2D eigenvalue weighted by Crippen LogP contribution is -2.09. The van der Waals surface area contributed by atoms with E-state index in [2.05, 4.69) is 19.9 Å². The molecule has 0 fully saturated rings. The van der Waals surface area contributed by atoms with Crippen LogP contribution in [0.4, 0.5) is 0 Å². The molecule has 0 unspecified atom stereocenters. The van der Waals surface area contributed by atoms with Crippen LogP contribution in [0.15, 0.2) is 18.7 Å². The maximum Gasteiger partial charge on any atom is 0.358 e. The van der Waals surface area contributed by atoms with Crippen molar-refractivity contribution in [2.24, 2.45) is 0 Å². The minimum Gasteiger partial charge on any atom is -0.461 e. The van der Waals surface area contributed by atoms with E-state index in [0.717, 1.165) is 0 Å². The molecule has 2 heterocycles. The number of aromatic nitrogens is 4. The first-order chi connectivity index (χ1) is 8.24. The van der Waals surface area contributed by atoms with Gasteiger partial charge in [0.2, 0.25) is 0 Å². The second kappa shape index (κ2) is 4.92. The number of carbonyl (C=O) groups excluding carboxylic acids is 1. The zero-order valence-corrected chi connectivity index (χ0v) is 9.73. The third kappa shape index (κ3) is 2.26. The molecule has 2 rings (SSSR count). The Hall–Kier alpha value is -1.95. The molecular weight excluding hydrogens is 244 g/mol. The average molecular weight is 253 g/mol. The van der Waals surface area contributed by atoms with Gasteiger partial charge in [-0.1, -0.05) is 11.6 Å². The fraction of sp³-hybridized carbons (Fsp3) is 0.200. The van der Waals surface area contributed by atoms with Gasteiger partial charge < -0.3 is 9.72 Å². The van der Waals surface area contributed by atoms with Crippen molar-refractivity contribution in [1.82, 2.24) is 19.9 Å². The number of carbonyl (C=O) groups is 1. The topological polar surface area (TPSA) is 80.8 Å². The van der Waals surface area contributed by atoms with Crippen LogP contribution in [-0.2, 0) is 4.74 Å². The summed E-state index contributed by atoms with van der Waals surface area (Å²) in [5.74, 6) is -0.101. The lowest BCUT2D eigenvalue weighted by molar-refractivity contribution is 0.0519. The van der Waals surface area contributed by atoms with Gasteiger partial charge in [0.15, 0.2) is 11.5 Å². The van der Waals surface area contributed by atoms with Crippen LogP contribution < -0.4 is 0 Å². The molecule has 17 heavy (non-hydrogen) atoms. The number of aromatic amines is 1. The van der Waals surface area contributed by atoms with Gasteiger partial charge in [-0.3, -0.25) is 0 Å². The molecule has 0 saturated carbocycles. The highest BCUT2D eigenvalue weighted by atomic mass is 35.5. The number of ether oxygens (including phenoxy) is 1. The summed E-state index contributed by atoms with van der Waals surface area (Å²) in [7, 11) is 0. The van der Waals surface area contributed by atoms with Gasteiger partial charge in [-0.15, -0.1) is 0 Å². The van der Waals surface area contributed by atoms with Crippen molar-refractivity contribution in [3.8, 4) is 11.5 Å². The molecule has 0 radical (unpaired) electrons. The maximum absolute atomic E-state index is 11.6. The Balaban J connectivity index is 2.44. The quantitative estimate of drug-likeness (QED) is 0.841. The average Bonchev–Trinajstić information content (AvgIpc) is 2.83. The van der Waals surface area contributed by atoms with Crippen LogP contribution in [0.3, 0.4) is 0 Å². The molecule has 0 bridgehead atoms. The van der Waals surface area contributed by atoms with Crippen LogP contribution in [0.1, 0.15) is 17.4 Å². The summed E-state index contributed by atoms with van der Waals surface area (Å²) in [5, 5.41) is 0.126. The smallest absolute Gasteiger partial charge is 0.358 e. The van der Waals surface area contributed by atoms with Gasteiger partial charge in [0.05, 0.1) is 6.61 Å². The number of hydrogen-bond donors (Lipinski definition) is 1. The minimum atomic E-state index is -0.576. The van der Waals surface area contributed by atoms with Crippen molar-refractivity contribution in [2.45, 2.75) is 6.92 Å². The number of nitrogens with one attached hydrogen (secondary N) is 1. The van der Waals surface area contributed by atoms with Gasteiger partial charge in [-0.2, -0.15) is 0 Å². The highest BCUT2D eigenvalue weighted by Crippen LogP contribution is 2.25. The Morgan fingerprint density at radius 2 is 2.29 bits per heavy atom. The van der Waals surface area contributed by atoms with Crippen molar-refractivity contribution in [2.75, 3.05) is 6.61 Å². The molecule has 6 nitrogen and oxygen atoms in total. The van der Waals surface area contributed by atoms with E-state index in [1.807, 2.05) is 0 Å². The summed E-state index contributed by atoms with van der Waals surface area (Å²) in [4.78, 5) is 26.2. The monoisotopic (exact) mass is 252 g/mol. The summed E-state index contributed by atoms with van der Waals surface area (Å²) in [6, 6.07) is 0.